The van der Waals surface area contributed by atoms with E-state index in [0.717, 1.165) is 13.2 Å². The number of primary amides is 1. The molecular formula is C8H14N2O2. The molecule has 4 heteroatoms. The summed E-state index contributed by atoms with van der Waals surface area (Å²) in [7, 11) is 0. The molecule has 0 aromatic carbocycles. The molecule has 1 fully saturated rings. The minimum Gasteiger partial charge on any atom is -0.377 e. The lowest BCUT2D eigenvalue weighted by Crippen LogP contribution is -2.58. The quantitative estimate of drug-likeness (QED) is 0.554. The van der Waals surface area contributed by atoms with Crippen LogP contribution in [-0.2, 0) is 9.53 Å². The summed E-state index contributed by atoms with van der Waals surface area (Å²) in [6.07, 6.45) is 3.07. The van der Waals surface area contributed by atoms with Crippen LogP contribution in [0.15, 0.2) is 12.2 Å². The fourth-order valence-corrected chi connectivity index (χ4v) is 0.991. The maximum absolute atomic E-state index is 10.3. The summed E-state index contributed by atoms with van der Waals surface area (Å²) < 4.78 is 5.04. The van der Waals surface area contributed by atoms with Gasteiger partial charge in [0, 0.05) is 6.54 Å². The smallest absolute Gasteiger partial charge is 0.241 e. The van der Waals surface area contributed by atoms with Crippen molar-refractivity contribution in [1.82, 2.24) is 5.32 Å². The van der Waals surface area contributed by atoms with Gasteiger partial charge in [-0.15, -0.1) is 0 Å². The molecule has 1 aliphatic heterocycles. The zero-order valence-electron chi connectivity index (χ0n) is 7.17. The highest BCUT2D eigenvalue weighted by Crippen LogP contribution is 2.14. The van der Waals surface area contributed by atoms with Crippen molar-refractivity contribution >= 4 is 5.91 Å². The largest absolute Gasteiger partial charge is 0.377 e. The molecule has 0 radical (unpaired) electrons. The number of hydrogen-bond acceptors (Lipinski definition) is 3. The average molecular weight is 170 g/mol. The van der Waals surface area contributed by atoms with Crippen LogP contribution in [0, 0.1) is 0 Å². The van der Waals surface area contributed by atoms with Gasteiger partial charge in [0.05, 0.1) is 18.8 Å². The van der Waals surface area contributed by atoms with Gasteiger partial charge in [0.15, 0.2) is 0 Å². The number of nitrogens with one attached hydrogen (secondary N) is 1. The maximum Gasteiger partial charge on any atom is 0.241 e. The topological polar surface area (TPSA) is 64.3 Å². The van der Waals surface area contributed by atoms with E-state index in [0.29, 0.717) is 6.54 Å². The number of carbonyl (C=O) groups is 1. The second-order valence-corrected chi connectivity index (χ2v) is 3.24. The monoisotopic (exact) mass is 170 g/mol. The van der Waals surface area contributed by atoms with Crippen LogP contribution >= 0.6 is 0 Å². The molecule has 1 heterocycles. The molecule has 0 aliphatic carbocycles. The number of hydrogen-bond donors (Lipinski definition) is 2. The summed E-state index contributed by atoms with van der Waals surface area (Å²) in [6.45, 7) is 4.20. The Balaban J connectivity index is 2.13. The zero-order chi connectivity index (χ0) is 9.03. The van der Waals surface area contributed by atoms with Crippen molar-refractivity contribution in [2.75, 3.05) is 19.8 Å². The molecule has 0 aromatic rings. The number of carbonyl (C=O) groups excluding carboxylic acids is 1. The van der Waals surface area contributed by atoms with E-state index in [4.69, 9.17) is 10.5 Å². The van der Waals surface area contributed by atoms with E-state index in [1.165, 1.54) is 6.08 Å². The van der Waals surface area contributed by atoms with Crippen molar-refractivity contribution in [2.24, 2.45) is 5.73 Å². The summed E-state index contributed by atoms with van der Waals surface area (Å²) >= 11 is 0. The van der Waals surface area contributed by atoms with Crippen LogP contribution in [0.4, 0.5) is 0 Å². The molecule has 68 valence electrons. The van der Waals surface area contributed by atoms with Gasteiger partial charge in [0.2, 0.25) is 5.91 Å². The summed E-state index contributed by atoms with van der Waals surface area (Å²) in [4.78, 5) is 10.3. The Bertz CT molecular complexity index is 197. The first-order valence-corrected chi connectivity index (χ1v) is 3.91. The molecule has 0 saturated carbocycles. The molecule has 0 bridgehead atoms. The minimum atomic E-state index is -0.410. The van der Waals surface area contributed by atoms with Gasteiger partial charge in [0.25, 0.3) is 0 Å². The van der Waals surface area contributed by atoms with E-state index in [9.17, 15) is 4.79 Å². The Labute approximate surface area is 71.8 Å². The van der Waals surface area contributed by atoms with Gasteiger partial charge in [-0.25, -0.2) is 0 Å². The fourth-order valence-electron chi connectivity index (χ4n) is 0.991. The minimum absolute atomic E-state index is 0.0853. The van der Waals surface area contributed by atoms with Gasteiger partial charge in [0.1, 0.15) is 0 Å². The van der Waals surface area contributed by atoms with Crippen LogP contribution in [0.2, 0.25) is 0 Å². The Kier molecular flexibility index (Phi) is 2.83. The van der Waals surface area contributed by atoms with E-state index in [1.807, 2.05) is 0 Å². The van der Waals surface area contributed by atoms with E-state index < -0.39 is 5.91 Å². The Morgan fingerprint density at radius 2 is 2.42 bits per heavy atom. The highest BCUT2D eigenvalue weighted by atomic mass is 16.5. The van der Waals surface area contributed by atoms with E-state index >= 15 is 0 Å². The van der Waals surface area contributed by atoms with Crippen LogP contribution < -0.4 is 11.1 Å². The van der Waals surface area contributed by atoms with Crippen LogP contribution in [0.1, 0.15) is 6.92 Å². The van der Waals surface area contributed by atoms with Gasteiger partial charge in [-0.1, -0.05) is 6.08 Å². The lowest BCUT2D eigenvalue weighted by atomic mass is 10.0. The molecule has 12 heavy (non-hydrogen) atoms. The Morgan fingerprint density at radius 3 is 2.83 bits per heavy atom. The highest BCUT2D eigenvalue weighted by Gasteiger charge is 2.31. The van der Waals surface area contributed by atoms with E-state index in [1.54, 1.807) is 6.08 Å². The third-order valence-corrected chi connectivity index (χ3v) is 1.77. The molecule has 1 amide bonds. The third kappa shape index (κ3) is 2.64. The molecule has 0 aromatic heterocycles. The molecule has 0 unspecified atom stereocenters. The third-order valence-electron chi connectivity index (χ3n) is 1.77. The molecule has 3 N–H and O–H groups in total. The van der Waals surface area contributed by atoms with Crippen LogP contribution in [0.3, 0.4) is 0 Å². The first-order chi connectivity index (χ1) is 5.62. The van der Waals surface area contributed by atoms with Crippen molar-refractivity contribution in [1.29, 1.82) is 0 Å². The summed E-state index contributed by atoms with van der Waals surface area (Å²) in [5.41, 5.74) is 5.00. The maximum atomic E-state index is 10.3. The zero-order valence-corrected chi connectivity index (χ0v) is 7.17. The second-order valence-electron chi connectivity index (χ2n) is 3.24. The van der Waals surface area contributed by atoms with Crippen molar-refractivity contribution < 1.29 is 9.53 Å². The predicted octanol–water partition coefficient (Wildman–Crippen LogP) is -0.594. The SMILES string of the molecule is CC1(NCC=CC(N)=O)COC1. The first kappa shape index (κ1) is 9.22. The van der Waals surface area contributed by atoms with Gasteiger partial charge in [-0.05, 0) is 13.0 Å². The lowest BCUT2D eigenvalue weighted by Gasteiger charge is -2.38. The fraction of sp³-hybridized carbons (Fsp3) is 0.625. The van der Waals surface area contributed by atoms with Gasteiger partial charge in [-0.2, -0.15) is 0 Å². The van der Waals surface area contributed by atoms with E-state index in [-0.39, 0.29) is 5.54 Å². The predicted molar refractivity (Wildman–Crippen MR) is 45.6 cm³/mol. The molecule has 1 saturated heterocycles. The molecule has 1 aliphatic rings. The van der Waals surface area contributed by atoms with Crippen LogP contribution in [-0.4, -0.2) is 31.2 Å². The van der Waals surface area contributed by atoms with Crippen molar-refractivity contribution in [3.8, 4) is 0 Å². The molecule has 0 atom stereocenters. The number of amides is 1. The summed E-state index contributed by atoms with van der Waals surface area (Å²) in [5, 5.41) is 3.23. The van der Waals surface area contributed by atoms with Gasteiger partial charge in [-0.3, -0.25) is 4.79 Å². The molecule has 1 rings (SSSR count). The first-order valence-electron chi connectivity index (χ1n) is 3.91. The number of ether oxygens (including phenoxy) is 1. The highest BCUT2D eigenvalue weighted by molar-refractivity contribution is 5.85. The molecule has 4 nitrogen and oxygen atoms in total. The lowest BCUT2D eigenvalue weighted by molar-refractivity contribution is -0.113. The van der Waals surface area contributed by atoms with Crippen molar-refractivity contribution in [3.05, 3.63) is 12.2 Å². The standard InChI is InChI=1S/C8H14N2O2/c1-8(5-12-6-8)10-4-2-3-7(9)11/h2-3,10H,4-6H2,1H3,(H2,9,11). The molecule has 0 spiro atoms. The Hall–Kier alpha value is -0.870. The van der Waals surface area contributed by atoms with Crippen LogP contribution in [0.5, 0.6) is 0 Å². The van der Waals surface area contributed by atoms with Gasteiger partial charge >= 0.3 is 0 Å². The van der Waals surface area contributed by atoms with Crippen LogP contribution in [0.25, 0.3) is 0 Å². The number of rotatable bonds is 4. The molecular weight excluding hydrogens is 156 g/mol. The summed E-state index contributed by atoms with van der Waals surface area (Å²) in [6, 6.07) is 0. The van der Waals surface area contributed by atoms with Gasteiger partial charge < -0.3 is 15.8 Å². The second kappa shape index (κ2) is 3.69. The van der Waals surface area contributed by atoms with Crippen molar-refractivity contribution in [2.45, 2.75) is 12.5 Å². The van der Waals surface area contributed by atoms with Crippen molar-refractivity contribution in [3.63, 3.8) is 0 Å². The Morgan fingerprint density at radius 1 is 1.75 bits per heavy atom. The summed E-state index contributed by atoms with van der Waals surface area (Å²) in [5.74, 6) is -0.410. The average Bonchev–Trinajstić information content (AvgIpc) is 1.94. The normalized spacial score (nSPS) is 20.8. The van der Waals surface area contributed by atoms with E-state index in [2.05, 4.69) is 12.2 Å². The number of nitrogens with two attached hydrogens (primary N) is 1.